The number of carboxylic acids is 1. The lowest BCUT2D eigenvalue weighted by Gasteiger charge is -2.20. The zero-order chi connectivity index (χ0) is 23.1. The number of halogens is 3. The second-order valence-corrected chi connectivity index (χ2v) is 9.36. The minimum Gasteiger partial charge on any atom is -0.475 e. The van der Waals surface area contributed by atoms with Crippen molar-refractivity contribution in [1.29, 1.82) is 0 Å². The van der Waals surface area contributed by atoms with Gasteiger partial charge in [0.2, 0.25) is 0 Å². The highest BCUT2D eigenvalue weighted by atomic mass is 32.2. The Kier molecular flexibility index (Phi) is 8.63. The number of hydrogen-bond donors (Lipinski definition) is 2. The van der Waals surface area contributed by atoms with Crippen LogP contribution in [-0.4, -0.2) is 61.4 Å². The van der Waals surface area contributed by atoms with E-state index in [1.54, 1.807) is 6.07 Å². The Morgan fingerprint density at radius 2 is 1.74 bits per heavy atom. The number of nitrogens with zero attached hydrogens (tertiary/aromatic N) is 1. The third kappa shape index (κ3) is 8.70. The molecule has 0 bridgehead atoms. The van der Waals surface area contributed by atoms with Crippen molar-refractivity contribution in [1.82, 2.24) is 10.2 Å². The van der Waals surface area contributed by atoms with Gasteiger partial charge in [0.05, 0.1) is 11.8 Å². The molecule has 7 nitrogen and oxygen atoms in total. The lowest BCUT2D eigenvalue weighted by Crippen LogP contribution is -2.35. The Balaban J connectivity index is 0.000000423. The van der Waals surface area contributed by atoms with Crippen molar-refractivity contribution in [3.05, 3.63) is 46.9 Å². The van der Waals surface area contributed by atoms with Gasteiger partial charge in [-0.2, -0.15) is 13.2 Å². The number of alkyl halides is 3. The van der Waals surface area contributed by atoms with Crippen LogP contribution in [0.4, 0.5) is 13.2 Å². The summed E-state index contributed by atoms with van der Waals surface area (Å²) < 4.78 is 54.6. The van der Waals surface area contributed by atoms with E-state index in [9.17, 15) is 26.4 Å². The lowest BCUT2D eigenvalue weighted by molar-refractivity contribution is -0.192. The van der Waals surface area contributed by atoms with Gasteiger partial charge in [0.1, 0.15) is 0 Å². The Morgan fingerprint density at radius 3 is 2.26 bits per heavy atom. The summed E-state index contributed by atoms with van der Waals surface area (Å²) in [6.07, 6.45) is 1.53. The number of hydrogen-bond acceptors (Lipinski definition) is 5. The molecule has 11 heteroatoms. The number of carbonyl (C=O) groups is 2. The first-order chi connectivity index (χ1) is 14.5. The maximum Gasteiger partial charge on any atom is 0.490 e. The number of aliphatic carboxylic acids is 1. The van der Waals surface area contributed by atoms with Gasteiger partial charge in [-0.15, -0.1) is 0 Å². The van der Waals surface area contributed by atoms with Crippen LogP contribution in [0.1, 0.15) is 41.6 Å². The first kappa shape index (κ1) is 24.9. The van der Waals surface area contributed by atoms with Gasteiger partial charge in [-0.1, -0.05) is 25.0 Å². The van der Waals surface area contributed by atoms with Gasteiger partial charge < -0.3 is 10.4 Å². The number of nitrogens with one attached hydrogen (secondary N) is 1. The summed E-state index contributed by atoms with van der Waals surface area (Å²) in [7, 11) is -3.16. The zero-order valence-electron chi connectivity index (χ0n) is 16.8. The van der Waals surface area contributed by atoms with Gasteiger partial charge in [0.25, 0.3) is 5.91 Å². The molecule has 0 aromatic heterocycles. The van der Waals surface area contributed by atoms with Crippen LogP contribution in [0, 0.1) is 0 Å². The summed E-state index contributed by atoms with van der Waals surface area (Å²) >= 11 is 0. The van der Waals surface area contributed by atoms with Crippen LogP contribution in [-0.2, 0) is 21.2 Å². The van der Waals surface area contributed by atoms with Crippen molar-refractivity contribution in [2.45, 2.75) is 44.4 Å². The van der Waals surface area contributed by atoms with E-state index in [2.05, 4.69) is 10.2 Å². The topological polar surface area (TPSA) is 104 Å². The number of carboxylic acid groups (broad SMARTS) is 1. The van der Waals surface area contributed by atoms with E-state index in [4.69, 9.17) is 9.90 Å². The molecule has 0 radical (unpaired) electrons. The van der Waals surface area contributed by atoms with Crippen LogP contribution in [0.15, 0.2) is 35.7 Å². The van der Waals surface area contributed by atoms with Crippen molar-refractivity contribution < 1.29 is 36.3 Å². The minimum absolute atomic E-state index is 0.0494. The van der Waals surface area contributed by atoms with E-state index in [1.807, 2.05) is 18.2 Å². The van der Waals surface area contributed by atoms with Crippen molar-refractivity contribution >= 4 is 21.7 Å². The third-order valence-corrected chi connectivity index (χ3v) is 6.18. The quantitative estimate of drug-likeness (QED) is 0.713. The number of sulfone groups is 1. The Bertz CT molecular complexity index is 908. The van der Waals surface area contributed by atoms with Crippen molar-refractivity contribution in [2.24, 2.45) is 0 Å². The maximum absolute atomic E-state index is 12.4. The molecule has 1 atom stereocenters. The highest BCUT2D eigenvalue weighted by molar-refractivity contribution is 7.94. The number of rotatable bonds is 4. The lowest BCUT2D eigenvalue weighted by atomic mass is 10.1. The Hall–Kier alpha value is -2.40. The first-order valence-corrected chi connectivity index (χ1v) is 11.5. The van der Waals surface area contributed by atoms with Gasteiger partial charge in [0.15, 0.2) is 9.84 Å². The monoisotopic (exact) mass is 462 g/mol. The third-order valence-electron chi connectivity index (χ3n) is 4.78. The van der Waals surface area contributed by atoms with E-state index in [0.717, 1.165) is 25.2 Å². The molecule has 0 saturated carbocycles. The predicted molar refractivity (Wildman–Crippen MR) is 108 cm³/mol. The SMILES string of the molecule is O=C(NC1C=CS(=O)(=O)C1)c1cccc(CN2CCCCCC2)c1.O=C(O)C(F)(F)F. The summed E-state index contributed by atoms with van der Waals surface area (Å²) in [6, 6.07) is 7.18. The molecule has 3 rings (SSSR count). The highest BCUT2D eigenvalue weighted by Gasteiger charge is 2.38. The molecule has 2 heterocycles. The van der Waals surface area contributed by atoms with Crippen LogP contribution < -0.4 is 5.32 Å². The molecule has 0 spiro atoms. The largest absolute Gasteiger partial charge is 0.490 e. The average molecular weight is 462 g/mol. The fourth-order valence-electron chi connectivity index (χ4n) is 3.28. The summed E-state index contributed by atoms with van der Waals surface area (Å²) in [5.74, 6) is -3.03. The zero-order valence-corrected chi connectivity index (χ0v) is 17.6. The van der Waals surface area contributed by atoms with Gasteiger partial charge >= 0.3 is 12.1 Å². The second-order valence-electron chi connectivity index (χ2n) is 7.43. The number of amides is 1. The Morgan fingerprint density at radius 1 is 1.13 bits per heavy atom. The number of likely N-dealkylation sites (tertiary alicyclic amines) is 1. The Labute approximate surface area is 178 Å². The molecule has 1 saturated heterocycles. The van der Waals surface area contributed by atoms with Crippen molar-refractivity contribution in [2.75, 3.05) is 18.8 Å². The van der Waals surface area contributed by atoms with Gasteiger partial charge in [-0.25, -0.2) is 13.2 Å². The van der Waals surface area contributed by atoms with E-state index in [1.165, 1.54) is 37.2 Å². The molecular formula is C20H25F3N2O5S. The molecule has 31 heavy (non-hydrogen) atoms. The molecule has 1 aromatic carbocycles. The average Bonchev–Trinajstić information content (AvgIpc) is 2.86. The minimum atomic E-state index is -5.08. The molecule has 172 valence electrons. The van der Waals surface area contributed by atoms with Gasteiger partial charge in [0, 0.05) is 17.5 Å². The highest BCUT2D eigenvalue weighted by Crippen LogP contribution is 2.15. The molecule has 2 N–H and O–H groups in total. The van der Waals surface area contributed by atoms with E-state index >= 15 is 0 Å². The number of carbonyl (C=O) groups excluding carboxylic acids is 1. The molecule has 0 aliphatic carbocycles. The molecule has 1 aromatic rings. The fraction of sp³-hybridized carbons (Fsp3) is 0.500. The summed E-state index contributed by atoms with van der Waals surface area (Å²) in [5.41, 5.74) is 1.71. The molecule has 1 amide bonds. The van der Waals surface area contributed by atoms with Crippen LogP contribution in [0.3, 0.4) is 0 Å². The summed E-state index contributed by atoms with van der Waals surface area (Å²) in [6.45, 7) is 3.08. The second kappa shape index (κ2) is 10.8. The van der Waals surface area contributed by atoms with Gasteiger partial charge in [-0.3, -0.25) is 9.69 Å². The molecule has 2 aliphatic heterocycles. The smallest absolute Gasteiger partial charge is 0.475 e. The van der Waals surface area contributed by atoms with Crippen LogP contribution in [0.25, 0.3) is 0 Å². The van der Waals surface area contributed by atoms with Crippen LogP contribution in [0.5, 0.6) is 0 Å². The van der Waals surface area contributed by atoms with E-state index < -0.39 is 28.0 Å². The predicted octanol–water partition coefficient (Wildman–Crippen LogP) is 2.74. The normalized spacial score (nSPS) is 20.9. The van der Waals surface area contributed by atoms with Gasteiger partial charge in [-0.05, 0) is 49.7 Å². The van der Waals surface area contributed by atoms with Crippen molar-refractivity contribution in [3.63, 3.8) is 0 Å². The molecular weight excluding hydrogens is 437 g/mol. The first-order valence-electron chi connectivity index (χ1n) is 9.79. The molecule has 1 unspecified atom stereocenters. The summed E-state index contributed by atoms with van der Waals surface area (Å²) in [5, 5.41) is 11.1. The standard InChI is InChI=1S/C18H24N2O3S.C2HF3O2/c21-18(19-17-8-11-24(22,23)14-17)16-7-5-6-15(12-16)13-20-9-3-1-2-4-10-20;3-2(4,5)1(6)7/h5-8,11-12,17H,1-4,9-10,13-14H2,(H,19,21);(H,6,7). The van der Waals surface area contributed by atoms with E-state index in [-0.39, 0.29) is 11.7 Å². The summed E-state index contributed by atoms with van der Waals surface area (Å²) in [4.78, 5) is 23.7. The number of benzene rings is 1. The molecule has 1 fully saturated rings. The van der Waals surface area contributed by atoms with Crippen molar-refractivity contribution in [3.8, 4) is 0 Å². The molecule has 2 aliphatic rings. The van der Waals surface area contributed by atoms with E-state index in [0.29, 0.717) is 5.56 Å². The maximum atomic E-state index is 12.4. The van der Waals surface area contributed by atoms with Crippen LogP contribution >= 0.6 is 0 Å². The fourth-order valence-corrected chi connectivity index (χ4v) is 4.52. The van der Waals surface area contributed by atoms with Crippen LogP contribution in [0.2, 0.25) is 0 Å².